The van der Waals surface area contributed by atoms with Crippen molar-refractivity contribution >= 4 is 46.1 Å². The maximum Gasteiger partial charge on any atom is 0.325 e. The summed E-state index contributed by atoms with van der Waals surface area (Å²) in [4.78, 5) is 37.6. The number of amides is 4. The summed E-state index contributed by atoms with van der Waals surface area (Å²) in [6, 6.07) is 6.76. The molecule has 1 aromatic rings. The van der Waals surface area contributed by atoms with Gasteiger partial charge in [-0.25, -0.2) is 4.79 Å². The van der Waals surface area contributed by atoms with Crippen LogP contribution in [0.1, 0.15) is 27.2 Å². The number of benzene rings is 1. The van der Waals surface area contributed by atoms with Crippen LogP contribution in [0.3, 0.4) is 0 Å². The minimum absolute atomic E-state index is 0.254. The summed E-state index contributed by atoms with van der Waals surface area (Å²) in [5, 5.41) is 5.38. The SMILES string of the molecule is CC(C)C[C@]1(C)NC(=O)N(CC(=O)Nc2ccc(I)cc2)C1=O. The number of halogens is 1. The highest BCUT2D eigenvalue weighted by atomic mass is 127. The molecule has 124 valence electrons. The van der Waals surface area contributed by atoms with E-state index in [9.17, 15) is 14.4 Å². The highest BCUT2D eigenvalue weighted by Crippen LogP contribution is 2.24. The van der Waals surface area contributed by atoms with Gasteiger partial charge in [-0.15, -0.1) is 0 Å². The fraction of sp³-hybridized carbons (Fsp3) is 0.438. The van der Waals surface area contributed by atoms with Gasteiger partial charge >= 0.3 is 6.03 Å². The molecular formula is C16H20IN3O3. The Balaban J connectivity index is 2.02. The van der Waals surface area contributed by atoms with Crippen molar-refractivity contribution in [2.45, 2.75) is 32.7 Å². The van der Waals surface area contributed by atoms with E-state index in [2.05, 4.69) is 33.2 Å². The van der Waals surface area contributed by atoms with E-state index < -0.39 is 17.5 Å². The largest absolute Gasteiger partial charge is 0.325 e. The molecule has 0 unspecified atom stereocenters. The van der Waals surface area contributed by atoms with Gasteiger partial charge in [0.2, 0.25) is 5.91 Å². The molecule has 1 heterocycles. The van der Waals surface area contributed by atoms with E-state index in [0.29, 0.717) is 12.1 Å². The predicted molar refractivity (Wildman–Crippen MR) is 95.9 cm³/mol. The molecule has 7 heteroatoms. The van der Waals surface area contributed by atoms with Crippen molar-refractivity contribution in [2.75, 3.05) is 11.9 Å². The van der Waals surface area contributed by atoms with Gasteiger partial charge in [0, 0.05) is 9.26 Å². The number of carbonyl (C=O) groups is 3. The Morgan fingerprint density at radius 3 is 2.48 bits per heavy atom. The second-order valence-electron chi connectivity index (χ2n) is 6.31. The number of imide groups is 1. The lowest BCUT2D eigenvalue weighted by atomic mass is 9.91. The quantitative estimate of drug-likeness (QED) is 0.558. The van der Waals surface area contributed by atoms with Crippen molar-refractivity contribution < 1.29 is 14.4 Å². The molecule has 0 saturated carbocycles. The molecule has 0 spiro atoms. The van der Waals surface area contributed by atoms with Crippen LogP contribution in [0, 0.1) is 9.49 Å². The van der Waals surface area contributed by atoms with E-state index in [1.807, 2.05) is 26.0 Å². The smallest absolute Gasteiger partial charge is 0.325 e. The van der Waals surface area contributed by atoms with Gasteiger partial charge in [-0.2, -0.15) is 0 Å². The molecule has 0 bridgehead atoms. The van der Waals surface area contributed by atoms with Gasteiger partial charge in [0.25, 0.3) is 5.91 Å². The second-order valence-corrected chi connectivity index (χ2v) is 7.55. The van der Waals surface area contributed by atoms with Gasteiger partial charge in [0.05, 0.1) is 0 Å². The van der Waals surface area contributed by atoms with Crippen LogP contribution in [0.5, 0.6) is 0 Å². The standard InChI is InChI=1S/C16H20IN3O3/c1-10(2)8-16(3)14(22)20(15(23)19-16)9-13(21)18-12-6-4-11(17)5-7-12/h4-7,10H,8-9H2,1-3H3,(H,18,21)(H,19,23)/t16-/m0/s1. The predicted octanol–water partition coefficient (Wildman–Crippen LogP) is 2.59. The first-order valence-corrected chi connectivity index (χ1v) is 8.48. The average molecular weight is 429 g/mol. The third-order valence-electron chi connectivity index (χ3n) is 3.59. The van der Waals surface area contributed by atoms with Crippen LogP contribution in [0.2, 0.25) is 0 Å². The van der Waals surface area contributed by atoms with Gasteiger partial charge in [0.15, 0.2) is 0 Å². The molecule has 1 fully saturated rings. The van der Waals surface area contributed by atoms with Gasteiger partial charge < -0.3 is 10.6 Å². The molecule has 2 N–H and O–H groups in total. The Bertz CT molecular complexity index is 630. The first-order valence-electron chi connectivity index (χ1n) is 7.41. The zero-order valence-corrected chi connectivity index (χ0v) is 15.5. The third kappa shape index (κ3) is 4.21. The molecule has 0 aliphatic carbocycles. The molecule has 0 radical (unpaired) electrons. The van der Waals surface area contributed by atoms with Crippen molar-refractivity contribution in [3.8, 4) is 0 Å². The summed E-state index contributed by atoms with van der Waals surface area (Å²) >= 11 is 2.17. The summed E-state index contributed by atoms with van der Waals surface area (Å²) in [7, 11) is 0. The lowest BCUT2D eigenvalue weighted by Crippen LogP contribution is -2.45. The Hall–Kier alpha value is -1.64. The molecule has 0 aromatic heterocycles. The van der Waals surface area contributed by atoms with E-state index in [0.717, 1.165) is 8.47 Å². The van der Waals surface area contributed by atoms with Gasteiger partial charge in [-0.05, 0) is 66.1 Å². The number of urea groups is 1. The molecule has 2 rings (SSSR count). The van der Waals surface area contributed by atoms with Gasteiger partial charge in [-0.1, -0.05) is 13.8 Å². The molecule has 1 atom stereocenters. The zero-order valence-electron chi connectivity index (χ0n) is 13.4. The topological polar surface area (TPSA) is 78.5 Å². The van der Waals surface area contributed by atoms with Crippen molar-refractivity contribution in [1.29, 1.82) is 0 Å². The Kier molecular flexibility index (Phi) is 5.28. The number of hydrogen-bond donors (Lipinski definition) is 2. The average Bonchev–Trinajstić information content (AvgIpc) is 2.64. The number of carbonyl (C=O) groups excluding carboxylic acids is 3. The maximum atomic E-state index is 12.5. The van der Waals surface area contributed by atoms with E-state index in [1.165, 1.54) is 0 Å². The molecule has 1 aliphatic heterocycles. The van der Waals surface area contributed by atoms with Crippen LogP contribution in [0.15, 0.2) is 24.3 Å². The van der Waals surface area contributed by atoms with Crippen LogP contribution >= 0.6 is 22.6 Å². The normalized spacial score (nSPS) is 20.8. The summed E-state index contributed by atoms with van der Waals surface area (Å²) in [5.74, 6) is -0.498. The number of nitrogens with zero attached hydrogens (tertiary/aromatic N) is 1. The summed E-state index contributed by atoms with van der Waals surface area (Å²) in [5.41, 5.74) is -0.304. The molecule has 4 amide bonds. The first-order chi connectivity index (χ1) is 10.7. The zero-order chi connectivity index (χ0) is 17.2. The fourth-order valence-electron chi connectivity index (χ4n) is 2.72. The Morgan fingerprint density at radius 2 is 1.91 bits per heavy atom. The monoisotopic (exact) mass is 429 g/mol. The van der Waals surface area contributed by atoms with E-state index >= 15 is 0 Å². The number of anilines is 1. The molecule has 6 nitrogen and oxygen atoms in total. The Morgan fingerprint density at radius 1 is 1.30 bits per heavy atom. The van der Waals surface area contributed by atoms with Crippen LogP contribution in [0.4, 0.5) is 10.5 Å². The van der Waals surface area contributed by atoms with Gasteiger partial charge in [0.1, 0.15) is 12.1 Å². The molecule has 1 saturated heterocycles. The van der Waals surface area contributed by atoms with Gasteiger partial charge in [-0.3, -0.25) is 14.5 Å². The molecule has 23 heavy (non-hydrogen) atoms. The van der Waals surface area contributed by atoms with Crippen LogP contribution in [0.25, 0.3) is 0 Å². The first kappa shape index (κ1) is 17.7. The van der Waals surface area contributed by atoms with E-state index in [-0.39, 0.29) is 18.4 Å². The van der Waals surface area contributed by atoms with Crippen molar-refractivity contribution in [2.24, 2.45) is 5.92 Å². The van der Waals surface area contributed by atoms with Crippen LogP contribution in [-0.2, 0) is 9.59 Å². The number of rotatable bonds is 5. The lowest BCUT2D eigenvalue weighted by molar-refractivity contribution is -0.133. The summed E-state index contributed by atoms with van der Waals surface area (Å²) < 4.78 is 1.05. The van der Waals surface area contributed by atoms with Crippen molar-refractivity contribution in [3.63, 3.8) is 0 Å². The van der Waals surface area contributed by atoms with E-state index in [4.69, 9.17) is 0 Å². The number of hydrogen-bond acceptors (Lipinski definition) is 3. The number of nitrogens with one attached hydrogen (secondary N) is 2. The Labute approximate surface area is 149 Å². The molecule has 1 aliphatic rings. The van der Waals surface area contributed by atoms with Crippen molar-refractivity contribution in [3.05, 3.63) is 27.8 Å². The minimum atomic E-state index is -0.936. The van der Waals surface area contributed by atoms with E-state index in [1.54, 1.807) is 19.1 Å². The third-order valence-corrected chi connectivity index (χ3v) is 4.31. The lowest BCUT2D eigenvalue weighted by Gasteiger charge is -2.23. The molecule has 1 aromatic carbocycles. The second kappa shape index (κ2) is 6.86. The highest BCUT2D eigenvalue weighted by Gasteiger charge is 2.48. The van der Waals surface area contributed by atoms with Crippen LogP contribution in [-0.4, -0.2) is 34.8 Å². The fourth-order valence-corrected chi connectivity index (χ4v) is 3.08. The minimum Gasteiger partial charge on any atom is -0.325 e. The summed E-state index contributed by atoms with van der Waals surface area (Å²) in [6.07, 6.45) is 0.535. The van der Waals surface area contributed by atoms with Crippen molar-refractivity contribution in [1.82, 2.24) is 10.2 Å². The maximum absolute atomic E-state index is 12.5. The highest BCUT2D eigenvalue weighted by molar-refractivity contribution is 14.1. The molecular weight excluding hydrogens is 409 g/mol. The summed E-state index contributed by atoms with van der Waals surface area (Å²) in [6.45, 7) is 5.38. The van der Waals surface area contributed by atoms with Crippen LogP contribution < -0.4 is 10.6 Å².